The summed E-state index contributed by atoms with van der Waals surface area (Å²) in [5, 5.41) is 14.7. The number of rotatable bonds is 14. The number of anilines is 1. The van der Waals surface area contributed by atoms with Crippen LogP contribution in [0.2, 0.25) is 0 Å². The number of amides is 5. The average molecular weight is 819 g/mol. The SMILES string of the molecule is CCOc1cc(OC2CCC(NC(=O)c3cnc(N4CC(CN(C(C)C)C5CC(Oc6ccc7c(c6)C(=O)N([C@@H]6CCC(=O)NC6=O)C7=O)C5)C4)cn3)CC2)ccc1C#N. The highest BCUT2D eigenvalue weighted by Gasteiger charge is 2.45. The molecule has 3 aromatic rings. The normalized spacial score (nSPS) is 24.0. The molecule has 8 rings (SSSR count). The molecule has 5 aliphatic rings. The lowest BCUT2D eigenvalue weighted by atomic mass is 9.85. The molecule has 0 bridgehead atoms. The molecule has 16 heteroatoms. The van der Waals surface area contributed by atoms with Crippen molar-refractivity contribution >= 4 is 35.4 Å². The summed E-state index contributed by atoms with van der Waals surface area (Å²) in [5.41, 5.74) is 1.20. The molecule has 0 radical (unpaired) electrons. The topological polar surface area (TPSA) is 196 Å². The number of hydrogen-bond donors (Lipinski definition) is 2. The number of benzene rings is 2. The number of nitriles is 1. The van der Waals surface area contributed by atoms with Crippen molar-refractivity contribution in [2.75, 3.05) is 31.1 Å². The average Bonchev–Trinajstić information content (AvgIpc) is 3.45. The Kier molecular flexibility index (Phi) is 11.7. The molecular weight excluding hydrogens is 769 g/mol. The number of aromatic nitrogens is 2. The van der Waals surface area contributed by atoms with Crippen LogP contribution in [0.4, 0.5) is 5.82 Å². The van der Waals surface area contributed by atoms with Crippen molar-refractivity contribution in [1.82, 2.24) is 30.4 Å². The van der Waals surface area contributed by atoms with Crippen LogP contribution >= 0.6 is 0 Å². The number of nitrogens with zero attached hydrogens (tertiary/aromatic N) is 6. The number of nitrogens with one attached hydrogen (secondary N) is 2. The second-order valence-corrected chi connectivity index (χ2v) is 16.6. The van der Waals surface area contributed by atoms with Crippen molar-refractivity contribution in [1.29, 1.82) is 5.26 Å². The van der Waals surface area contributed by atoms with E-state index in [-0.39, 0.29) is 53.8 Å². The Bertz CT molecular complexity index is 2190. The predicted octanol–water partition coefficient (Wildman–Crippen LogP) is 4.02. The largest absolute Gasteiger partial charge is 0.492 e. The van der Waals surface area contributed by atoms with Crippen LogP contribution in [0, 0.1) is 17.2 Å². The van der Waals surface area contributed by atoms with Gasteiger partial charge in [0.25, 0.3) is 17.7 Å². The maximum atomic E-state index is 13.3. The molecule has 60 heavy (non-hydrogen) atoms. The number of carbonyl (C=O) groups is 5. The lowest BCUT2D eigenvalue weighted by Gasteiger charge is -2.49. The highest BCUT2D eigenvalue weighted by Crippen LogP contribution is 2.36. The summed E-state index contributed by atoms with van der Waals surface area (Å²) < 4.78 is 18.0. The number of imide groups is 2. The summed E-state index contributed by atoms with van der Waals surface area (Å²) in [6.45, 7) is 9.36. The molecule has 5 amide bonds. The smallest absolute Gasteiger partial charge is 0.271 e. The van der Waals surface area contributed by atoms with Gasteiger partial charge in [-0.3, -0.25) is 39.1 Å². The van der Waals surface area contributed by atoms with Gasteiger partial charge in [0.1, 0.15) is 47.0 Å². The molecule has 314 valence electrons. The van der Waals surface area contributed by atoms with E-state index in [0.29, 0.717) is 47.4 Å². The number of fused-ring (bicyclic) bond motifs is 1. The van der Waals surface area contributed by atoms with Crippen molar-refractivity contribution in [2.45, 2.75) is 109 Å². The summed E-state index contributed by atoms with van der Waals surface area (Å²) >= 11 is 0. The molecule has 0 unspecified atom stereocenters. The lowest BCUT2D eigenvalue weighted by Crippen LogP contribution is -2.58. The Morgan fingerprint density at radius 2 is 1.65 bits per heavy atom. The maximum absolute atomic E-state index is 13.3. The minimum absolute atomic E-state index is 0.0152. The molecule has 0 spiro atoms. The Morgan fingerprint density at radius 3 is 2.33 bits per heavy atom. The zero-order valence-electron chi connectivity index (χ0n) is 34.1. The summed E-state index contributed by atoms with van der Waals surface area (Å²) in [6, 6.07) is 12.0. The number of carbonyl (C=O) groups excluding carboxylic acids is 5. The van der Waals surface area contributed by atoms with Crippen molar-refractivity contribution in [3.05, 3.63) is 71.2 Å². The van der Waals surface area contributed by atoms with Crippen LogP contribution in [0.5, 0.6) is 17.2 Å². The third kappa shape index (κ3) is 8.49. The number of ether oxygens (including phenoxy) is 3. The molecule has 2 aliphatic carbocycles. The van der Waals surface area contributed by atoms with E-state index in [9.17, 15) is 29.2 Å². The van der Waals surface area contributed by atoms with E-state index in [4.69, 9.17) is 14.2 Å². The Hall–Kier alpha value is -6.08. The highest BCUT2D eigenvalue weighted by molar-refractivity contribution is 6.23. The standard InChI is InChI=1S/C44H50N8O8/c1-4-58-38-18-32(8-5-27(38)19-45)59-30-9-6-28(7-10-30)48-41(54)36-20-47-39(21-46-36)50-22-26(23-50)24-51(25(2)3)29-15-33(16-29)60-31-11-12-34-35(17-31)44(57)52(43(34)56)37-13-14-40(53)49-42(37)55/h5,8,11-12,17-18,20-21,25-26,28-30,33,37H,4,6-7,9-10,13-16,22-24H2,1-3H3,(H,48,54)(H,49,53,55)/t28?,29?,30?,33?,37-/m1/s1. The minimum atomic E-state index is -1.01. The van der Waals surface area contributed by atoms with Crippen LogP contribution < -0.4 is 29.7 Å². The van der Waals surface area contributed by atoms with E-state index in [1.165, 1.54) is 0 Å². The van der Waals surface area contributed by atoms with Gasteiger partial charge < -0.3 is 24.4 Å². The molecule has 3 aliphatic heterocycles. The van der Waals surface area contributed by atoms with Crippen LogP contribution in [-0.2, 0) is 9.59 Å². The zero-order chi connectivity index (χ0) is 42.1. The van der Waals surface area contributed by atoms with Crippen LogP contribution in [0.3, 0.4) is 0 Å². The molecule has 2 saturated heterocycles. The van der Waals surface area contributed by atoms with E-state index >= 15 is 0 Å². The van der Waals surface area contributed by atoms with Gasteiger partial charge in [-0.2, -0.15) is 5.26 Å². The van der Waals surface area contributed by atoms with Crippen molar-refractivity contribution < 1.29 is 38.2 Å². The summed E-state index contributed by atoms with van der Waals surface area (Å²) in [5.74, 6) is 0.525. The molecule has 4 heterocycles. The number of hydrogen-bond acceptors (Lipinski definition) is 13. The summed E-state index contributed by atoms with van der Waals surface area (Å²) in [7, 11) is 0. The van der Waals surface area contributed by atoms with Gasteiger partial charge in [0.05, 0.1) is 41.8 Å². The molecule has 2 aromatic carbocycles. The zero-order valence-corrected chi connectivity index (χ0v) is 34.1. The van der Waals surface area contributed by atoms with Gasteiger partial charge in [-0.05, 0) is 83.2 Å². The molecule has 1 aromatic heterocycles. The van der Waals surface area contributed by atoms with E-state index < -0.39 is 29.7 Å². The van der Waals surface area contributed by atoms with Crippen LogP contribution in [0.1, 0.15) is 109 Å². The molecule has 1 atom stereocenters. The van der Waals surface area contributed by atoms with Crippen LogP contribution in [-0.4, -0.2) is 112 Å². The highest BCUT2D eigenvalue weighted by atomic mass is 16.5. The van der Waals surface area contributed by atoms with E-state index in [0.717, 1.165) is 68.9 Å². The Labute approximate surface area is 348 Å². The van der Waals surface area contributed by atoms with Gasteiger partial charge in [0.2, 0.25) is 11.8 Å². The van der Waals surface area contributed by atoms with Crippen molar-refractivity contribution in [3.8, 4) is 23.3 Å². The summed E-state index contributed by atoms with van der Waals surface area (Å²) in [4.78, 5) is 78.1. The summed E-state index contributed by atoms with van der Waals surface area (Å²) in [6.07, 6.45) is 8.19. The van der Waals surface area contributed by atoms with Gasteiger partial charge in [-0.1, -0.05) is 0 Å². The third-order valence-electron chi connectivity index (χ3n) is 12.2. The number of piperidine rings is 1. The Balaban J connectivity index is 0.759. The minimum Gasteiger partial charge on any atom is -0.492 e. The van der Waals surface area contributed by atoms with Crippen LogP contribution in [0.15, 0.2) is 48.8 Å². The molecular formula is C44H50N8O8. The fourth-order valence-corrected chi connectivity index (χ4v) is 8.89. The Morgan fingerprint density at radius 1 is 0.933 bits per heavy atom. The monoisotopic (exact) mass is 818 g/mol. The lowest BCUT2D eigenvalue weighted by molar-refractivity contribution is -0.136. The first-order valence-corrected chi connectivity index (χ1v) is 21.0. The quantitative estimate of drug-likeness (QED) is 0.222. The van der Waals surface area contributed by atoms with Gasteiger partial charge in [0.15, 0.2) is 0 Å². The van der Waals surface area contributed by atoms with E-state index in [1.54, 1.807) is 48.8 Å². The van der Waals surface area contributed by atoms with Gasteiger partial charge >= 0.3 is 0 Å². The second-order valence-electron chi connectivity index (χ2n) is 16.6. The molecule has 2 saturated carbocycles. The first-order chi connectivity index (χ1) is 29.0. The first-order valence-electron chi connectivity index (χ1n) is 21.0. The third-order valence-corrected chi connectivity index (χ3v) is 12.2. The molecule has 2 N–H and O–H groups in total. The molecule has 16 nitrogen and oxygen atoms in total. The van der Waals surface area contributed by atoms with Crippen molar-refractivity contribution in [2.24, 2.45) is 5.92 Å². The van der Waals surface area contributed by atoms with E-state index in [1.807, 2.05) is 6.92 Å². The fourth-order valence-electron chi connectivity index (χ4n) is 8.89. The first kappa shape index (κ1) is 40.7. The maximum Gasteiger partial charge on any atom is 0.271 e. The van der Waals surface area contributed by atoms with E-state index in [2.05, 4.69) is 50.3 Å². The van der Waals surface area contributed by atoms with Gasteiger partial charge in [-0.25, -0.2) is 9.97 Å². The fraction of sp³-hybridized carbons (Fsp3) is 0.500. The molecule has 4 fully saturated rings. The van der Waals surface area contributed by atoms with Crippen LogP contribution in [0.25, 0.3) is 0 Å². The van der Waals surface area contributed by atoms with Gasteiger partial charge in [0, 0.05) is 69.0 Å². The van der Waals surface area contributed by atoms with Crippen molar-refractivity contribution in [3.63, 3.8) is 0 Å². The second kappa shape index (κ2) is 17.3. The predicted molar refractivity (Wildman–Crippen MR) is 217 cm³/mol. The van der Waals surface area contributed by atoms with Gasteiger partial charge in [-0.15, -0.1) is 0 Å².